The van der Waals surface area contributed by atoms with Gasteiger partial charge < -0.3 is 5.32 Å². The molecule has 0 unspecified atom stereocenters. The van der Waals surface area contributed by atoms with Crippen LogP contribution in [0.1, 0.15) is 58.8 Å². The fourth-order valence-corrected chi connectivity index (χ4v) is 2.25. The standard InChI is InChI=1S/C12H25N/c1-3-4-5-6-9-13-12-8-7-11(2)10-12/h11-13H,3-10H2,1-2H3/t11-,12-/m1/s1. The predicted octanol–water partition coefficient (Wildman–Crippen LogP) is 3.34. The Balaban J connectivity index is 1.88. The second-order valence-electron chi connectivity index (χ2n) is 4.63. The van der Waals surface area contributed by atoms with Crippen LogP contribution in [-0.4, -0.2) is 12.6 Å². The monoisotopic (exact) mass is 183 g/mol. The molecule has 0 radical (unpaired) electrons. The van der Waals surface area contributed by atoms with Crippen molar-refractivity contribution in [2.24, 2.45) is 5.92 Å². The Kier molecular flexibility index (Phi) is 5.45. The van der Waals surface area contributed by atoms with Crippen LogP contribution in [-0.2, 0) is 0 Å². The Morgan fingerprint density at radius 2 is 2.00 bits per heavy atom. The zero-order chi connectivity index (χ0) is 9.52. The third-order valence-corrected chi connectivity index (χ3v) is 3.16. The summed E-state index contributed by atoms with van der Waals surface area (Å²) in [5, 5.41) is 3.67. The van der Waals surface area contributed by atoms with Crippen LogP contribution in [0, 0.1) is 5.92 Å². The quantitative estimate of drug-likeness (QED) is 0.623. The highest BCUT2D eigenvalue weighted by Crippen LogP contribution is 2.24. The van der Waals surface area contributed by atoms with E-state index in [9.17, 15) is 0 Å². The fourth-order valence-electron chi connectivity index (χ4n) is 2.25. The van der Waals surface area contributed by atoms with Crippen molar-refractivity contribution < 1.29 is 0 Å². The van der Waals surface area contributed by atoms with Gasteiger partial charge in [-0.25, -0.2) is 0 Å². The Morgan fingerprint density at radius 1 is 1.15 bits per heavy atom. The SMILES string of the molecule is CCCCCCN[C@@H]1CC[C@@H](C)C1. The average Bonchev–Trinajstić information content (AvgIpc) is 2.51. The number of hydrogen-bond donors (Lipinski definition) is 1. The first-order valence-electron chi connectivity index (χ1n) is 6.06. The summed E-state index contributed by atoms with van der Waals surface area (Å²) in [6.45, 7) is 5.89. The molecule has 1 aliphatic carbocycles. The summed E-state index contributed by atoms with van der Waals surface area (Å²) < 4.78 is 0. The minimum atomic E-state index is 0.844. The third kappa shape index (κ3) is 4.66. The van der Waals surface area contributed by atoms with Crippen LogP contribution in [0.5, 0.6) is 0 Å². The van der Waals surface area contributed by atoms with Crippen LogP contribution in [0.25, 0.3) is 0 Å². The van der Waals surface area contributed by atoms with Gasteiger partial charge >= 0.3 is 0 Å². The van der Waals surface area contributed by atoms with Gasteiger partial charge in [-0.1, -0.05) is 33.1 Å². The zero-order valence-electron chi connectivity index (χ0n) is 9.31. The number of nitrogens with one attached hydrogen (secondary N) is 1. The van der Waals surface area contributed by atoms with E-state index in [0.29, 0.717) is 0 Å². The normalized spacial score (nSPS) is 28.2. The Hall–Kier alpha value is -0.0400. The van der Waals surface area contributed by atoms with Gasteiger partial charge in [0.15, 0.2) is 0 Å². The molecule has 1 N–H and O–H groups in total. The zero-order valence-corrected chi connectivity index (χ0v) is 9.31. The largest absolute Gasteiger partial charge is 0.314 e. The van der Waals surface area contributed by atoms with Crippen molar-refractivity contribution in [3.05, 3.63) is 0 Å². The molecule has 0 spiro atoms. The van der Waals surface area contributed by atoms with Gasteiger partial charge in [-0.2, -0.15) is 0 Å². The van der Waals surface area contributed by atoms with Crippen LogP contribution in [0.3, 0.4) is 0 Å². The number of unbranched alkanes of at least 4 members (excludes halogenated alkanes) is 3. The third-order valence-electron chi connectivity index (χ3n) is 3.16. The van der Waals surface area contributed by atoms with Crippen LogP contribution in [0.2, 0.25) is 0 Å². The smallest absolute Gasteiger partial charge is 0.00696 e. The van der Waals surface area contributed by atoms with Crippen LogP contribution < -0.4 is 5.32 Å². The topological polar surface area (TPSA) is 12.0 Å². The molecule has 1 saturated carbocycles. The second-order valence-corrected chi connectivity index (χ2v) is 4.63. The van der Waals surface area contributed by atoms with Gasteiger partial charge in [0, 0.05) is 6.04 Å². The molecule has 0 amide bonds. The van der Waals surface area contributed by atoms with E-state index in [1.165, 1.54) is 51.5 Å². The van der Waals surface area contributed by atoms with E-state index < -0.39 is 0 Å². The maximum atomic E-state index is 3.67. The molecule has 1 aliphatic rings. The molecule has 0 aliphatic heterocycles. The molecule has 1 rings (SSSR count). The molecule has 1 fully saturated rings. The Bertz CT molecular complexity index is 122. The molecule has 0 aromatic rings. The lowest BCUT2D eigenvalue weighted by Gasteiger charge is -2.11. The summed E-state index contributed by atoms with van der Waals surface area (Å²) in [4.78, 5) is 0. The highest BCUT2D eigenvalue weighted by molar-refractivity contribution is 4.77. The predicted molar refractivity (Wildman–Crippen MR) is 58.9 cm³/mol. The molecule has 0 saturated heterocycles. The molecule has 13 heavy (non-hydrogen) atoms. The first-order valence-corrected chi connectivity index (χ1v) is 6.06. The Labute approximate surface area is 83.3 Å². The van der Waals surface area contributed by atoms with Gasteiger partial charge in [-0.05, 0) is 38.1 Å². The van der Waals surface area contributed by atoms with Gasteiger partial charge in [0.05, 0.1) is 0 Å². The minimum Gasteiger partial charge on any atom is -0.314 e. The summed E-state index contributed by atoms with van der Waals surface area (Å²) >= 11 is 0. The molecule has 78 valence electrons. The van der Waals surface area contributed by atoms with Gasteiger partial charge in [0.25, 0.3) is 0 Å². The van der Waals surface area contributed by atoms with E-state index in [0.717, 1.165) is 12.0 Å². The van der Waals surface area contributed by atoms with Crippen LogP contribution in [0.15, 0.2) is 0 Å². The van der Waals surface area contributed by atoms with E-state index in [1.807, 2.05) is 0 Å². The fraction of sp³-hybridized carbons (Fsp3) is 1.00. The second kappa shape index (κ2) is 6.42. The minimum absolute atomic E-state index is 0.844. The van der Waals surface area contributed by atoms with E-state index in [2.05, 4.69) is 19.2 Å². The van der Waals surface area contributed by atoms with Crippen LogP contribution >= 0.6 is 0 Å². The summed E-state index contributed by atoms with van der Waals surface area (Å²) in [6, 6.07) is 0.844. The highest BCUT2D eigenvalue weighted by Gasteiger charge is 2.19. The average molecular weight is 183 g/mol. The van der Waals surface area contributed by atoms with Crippen molar-refractivity contribution in [3.8, 4) is 0 Å². The van der Waals surface area contributed by atoms with Gasteiger partial charge in [0.1, 0.15) is 0 Å². The van der Waals surface area contributed by atoms with Gasteiger partial charge in [0.2, 0.25) is 0 Å². The summed E-state index contributed by atoms with van der Waals surface area (Å²) in [7, 11) is 0. The van der Waals surface area contributed by atoms with Gasteiger partial charge in [-0.15, -0.1) is 0 Å². The molecule has 1 heteroatoms. The lowest BCUT2D eigenvalue weighted by Crippen LogP contribution is -2.27. The first-order chi connectivity index (χ1) is 6.33. The molecule has 0 heterocycles. The van der Waals surface area contributed by atoms with Crippen molar-refractivity contribution in [3.63, 3.8) is 0 Å². The lowest BCUT2D eigenvalue weighted by atomic mass is 10.1. The van der Waals surface area contributed by atoms with Crippen LogP contribution in [0.4, 0.5) is 0 Å². The molecule has 1 nitrogen and oxygen atoms in total. The summed E-state index contributed by atoms with van der Waals surface area (Å²) in [5.74, 6) is 0.966. The van der Waals surface area contributed by atoms with Crippen molar-refractivity contribution in [1.29, 1.82) is 0 Å². The van der Waals surface area contributed by atoms with Crippen molar-refractivity contribution in [2.75, 3.05) is 6.54 Å². The van der Waals surface area contributed by atoms with Gasteiger partial charge in [-0.3, -0.25) is 0 Å². The van der Waals surface area contributed by atoms with Crippen molar-refractivity contribution >= 4 is 0 Å². The lowest BCUT2D eigenvalue weighted by molar-refractivity contribution is 0.486. The first kappa shape index (κ1) is 11.0. The number of rotatable bonds is 6. The van der Waals surface area contributed by atoms with Crippen molar-refractivity contribution in [2.45, 2.75) is 64.8 Å². The van der Waals surface area contributed by atoms with E-state index in [-0.39, 0.29) is 0 Å². The summed E-state index contributed by atoms with van der Waals surface area (Å²) in [5.41, 5.74) is 0. The molecule has 0 bridgehead atoms. The molecule has 0 aromatic carbocycles. The van der Waals surface area contributed by atoms with Crippen molar-refractivity contribution in [1.82, 2.24) is 5.32 Å². The molecular weight excluding hydrogens is 158 g/mol. The van der Waals surface area contributed by atoms with E-state index >= 15 is 0 Å². The maximum Gasteiger partial charge on any atom is 0.00696 e. The number of hydrogen-bond acceptors (Lipinski definition) is 1. The van der Waals surface area contributed by atoms with E-state index in [1.54, 1.807) is 0 Å². The Morgan fingerprint density at radius 3 is 2.62 bits per heavy atom. The maximum absolute atomic E-state index is 3.67. The molecule has 2 atom stereocenters. The highest BCUT2D eigenvalue weighted by atomic mass is 14.9. The molecular formula is C12H25N. The van der Waals surface area contributed by atoms with E-state index in [4.69, 9.17) is 0 Å². The molecule has 0 aromatic heterocycles. The summed E-state index contributed by atoms with van der Waals surface area (Å²) in [6.07, 6.45) is 9.79.